The first-order valence-electron chi connectivity index (χ1n) is 19.3. The maximum Gasteiger partial charge on any atom is 0.267 e. The number of hydrogen-bond donors (Lipinski definition) is 5. The fourth-order valence-corrected chi connectivity index (χ4v) is 6.71. The summed E-state index contributed by atoms with van der Waals surface area (Å²) >= 11 is 7.50. The molecule has 17 nitrogen and oxygen atoms in total. The first-order valence-corrected chi connectivity index (χ1v) is 20.5. The third-order valence-electron chi connectivity index (χ3n) is 8.79. The van der Waals surface area contributed by atoms with Crippen LogP contribution in [0.2, 0.25) is 5.02 Å². The second-order valence-electron chi connectivity index (χ2n) is 13.2. The van der Waals surface area contributed by atoms with Crippen LogP contribution in [0.1, 0.15) is 53.2 Å². The molecule has 0 aliphatic carbocycles. The summed E-state index contributed by atoms with van der Waals surface area (Å²) in [6.45, 7) is 11.8. The fourth-order valence-electron chi connectivity index (χ4n) is 5.72. The highest BCUT2D eigenvalue weighted by Gasteiger charge is 2.20. The third kappa shape index (κ3) is 17.3. The Labute approximate surface area is 343 Å². The van der Waals surface area contributed by atoms with E-state index in [0.29, 0.717) is 104 Å². The molecule has 0 spiro atoms. The van der Waals surface area contributed by atoms with E-state index in [1.165, 1.54) is 17.5 Å². The summed E-state index contributed by atoms with van der Waals surface area (Å²) in [5.74, 6) is 1.65. The molecule has 19 heteroatoms. The van der Waals surface area contributed by atoms with Gasteiger partial charge in [0.2, 0.25) is 18.2 Å². The quantitative estimate of drug-likeness (QED) is 0.0554. The van der Waals surface area contributed by atoms with Gasteiger partial charge >= 0.3 is 0 Å². The molecular weight excluding hydrogens is 776 g/mol. The van der Waals surface area contributed by atoms with Crippen LogP contribution in [-0.4, -0.2) is 136 Å². The number of nitrogens with zero attached hydrogens (tertiary/aromatic N) is 5. The summed E-state index contributed by atoms with van der Waals surface area (Å²) in [4.78, 5) is 65.5. The number of thiazole rings is 1. The molecule has 1 saturated heterocycles. The Morgan fingerprint density at radius 3 is 2.32 bits per heavy atom. The van der Waals surface area contributed by atoms with E-state index in [1.54, 1.807) is 6.07 Å². The maximum absolute atomic E-state index is 12.9. The molecule has 57 heavy (non-hydrogen) atoms. The van der Waals surface area contributed by atoms with E-state index >= 15 is 0 Å². The van der Waals surface area contributed by atoms with Gasteiger partial charge in [0.15, 0.2) is 5.13 Å². The van der Waals surface area contributed by atoms with Gasteiger partial charge < -0.3 is 45.7 Å². The molecule has 4 amide bonds. The van der Waals surface area contributed by atoms with Gasteiger partial charge in [-0.05, 0) is 38.3 Å². The van der Waals surface area contributed by atoms with E-state index in [4.69, 9.17) is 25.8 Å². The number of nitrogens with one attached hydrogen (secondary N) is 5. The average Bonchev–Trinajstić information content (AvgIpc) is 3.67. The first-order chi connectivity index (χ1) is 27.7. The van der Waals surface area contributed by atoms with E-state index in [2.05, 4.69) is 51.3 Å². The predicted octanol–water partition coefficient (Wildman–Crippen LogP) is 3.30. The fraction of sp³-hybridized carbons (Fsp3) is 0.553. The number of amides is 4. The Morgan fingerprint density at radius 1 is 0.860 bits per heavy atom. The average molecular weight is 831 g/mol. The van der Waals surface area contributed by atoms with E-state index < -0.39 is 0 Å². The van der Waals surface area contributed by atoms with Gasteiger partial charge in [0.25, 0.3) is 5.91 Å². The van der Waals surface area contributed by atoms with Gasteiger partial charge in [-0.2, -0.15) is 0 Å². The van der Waals surface area contributed by atoms with E-state index in [0.717, 1.165) is 63.4 Å². The van der Waals surface area contributed by atoms with Crippen LogP contribution in [0, 0.1) is 13.8 Å². The van der Waals surface area contributed by atoms with Crippen molar-refractivity contribution in [1.29, 1.82) is 0 Å². The van der Waals surface area contributed by atoms with Gasteiger partial charge in [-0.15, -0.1) is 0 Å². The minimum atomic E-state index is -0.286. The van der Waals surface area contributed by atoms with Crippen LogP contribution in [0.4, 0.5) is 22.5 Å². The molecule has 0 unspecified atom stereocenters. The molecule has 1 fully saturated rings. The number of aromatic nitrogens is 3. The maximum atomic E-state index is 12.9. The van der Waals surface area contributed by atoms with E-state index in [9.17, 15) is 19.2 Å². The van der Waals surface area contributed by atoms with Crippen LogP contribution >= 0.6 is 22.9 Å². The molecule has 0 atom stereocenters. The van der Waals surface area contributed by atoms with Crippen molar-refractivity contribution in [2.75, 3.05) is 108 Å². The molecule has 1 aliphatic rings. The lowest BCUT2D eigenvalue weighted by Crippen LogP contribution is -2.47. The van der Waals surface area contributed by atoms with Crippen molar-refractivity contribution in [3.05, 3.63) is 51.7 Å². The zero-order valence-electron chi connectivity index (χ0n) is 32.8. The lowest BCUT2D eigenvalue weighted by molar-refractivity contribution is -0.122. The number of carbonyl (C=O) groups excluding carboxylic acids is 4. The molecule has 0 saturated carbocycles. The SMILES string of the molecule is Cc1nc(Nc2ncc(C(=O)Nc3c(C)cccc3Cl)s2)cc(N2CCN(CCOCCNC(=O)CCOCCOCCNC(=O)CCCCCNC=O)CC2)n1. The Bertz CT molecular complexity index is 1690. The van der Waals surface area contributed by atoms with Gasteiger partial charge in [-0.3, -0.25) is 24.1 Å². The van der Waals surface area contributed by atoms with Gasteiger partial charge in [-0.25, -0.2) is 15.0 Å². The number of ether oxygens (including phenoxy) is 3. The molecule has 5 N–H and O–H groups in total. The number of halogens is 1. The summed E-state index contributed by atoms with van der Waals surface area (Å²) in [7, 11) is 0. The summed E-state index contributed by atoms with van der Waals surface area (Å²) in [5, 5.41) is 15.4. The highest BCUT2D eigenvalue weighted by molar-refractivity contribution is 7.17. The van der Waals surface area contributed by atoms with Crippen LogP contribution in [-0.2, 0) is 28.6 Å². The molecule has 312 valence electrons. The van der Waals surface area contributed by atoms with E-state index in [1.807, 2.05) is 32.0 Å². The van der Waals surface area contributed by atoms with Crippen molar-refractivity contribution >= 4 is 69.5 Å². The number of piperazine rings is 1. The Balaban J connectivity index is 0.997. The lowest BCUT2D eigenvalue weighted by atomic mass is 10.2. The number of carbonyl (C=O) groups is 4. The third-order valence-corrected chi connectivity index (χ3v) is 10.0. The van der Waals surface area contributed by atoms with Crippen molar-refractivity contribution in [3.8, 4) is 0 Å². The van der Waals surface area contributed by atoms with Crippen molar-refractivity contribution < 1.29 is 33.4 Å². The number of anilines is 4. The van der Waals surface area contributed by atoms with Crippen molar-refractivity contribution in [3.63, 3.8) is 0 Å². The first kappa shape index (κ1) is 45.2. The second-order valence-corrected chi connectivity index (χ2v) is 14.6. The van der Waals surface area contributed by atoms with Crippen LogP contribution < -0.4 is 31.5 Å². The Hall–Kier alpha value is -4.46. The summed E-state index contributed by atoms with van der Waals surface area (Å²) in [6.07, 6.45) is 5.45. The largest absolute Gasteiger partial charge is 0.379 e. The lowest BCUT2D eigenvalue weighted by Gasteiger charge is -2.35. The molecule has 4 rings (SSSR count). The van der Waals surface area contributed by atoms with Crippen molar-refractivity contribution in [1.82, 2.24) is 35.8 Å². The highest BCUT2D eigenvalue weighted by atomic mass is 35.5. The molecule has 1 aromatic carbocycles. The van der Waals surface area contributed by atoms with Crippen molar-refractivity contribution in [2.45, 2.75) is 46.0 Å². The standard InChI is InChI=1S/C38H55ClN10O7S/c1-28-7-6-8-30(39)36(28)47-37(53)31-26-43-38(57-31)46-32-25-33(45-29(2)44-32)49-16-14-48(15-17-49)18-22-55-20-12-42-35(52)10-19-54-23-24-56-21-13-41-34(51)9-4-3-5-11-40-27-50/h6-8,25-27H,3-5,9-24H2,1-2H3,(H,40,50)(H,41,51)(H,42,52)(H,47,53)(H,43,44,45,46). The molecule has 1 aliphatic heterocycles. The van der Waals surface area contributed by atoms with Gasteiger partial charge in [0.05, 0.1) is 56.5 Å². The number of aryl methyl sites for hydroxylation is 2. The molecule has 0 radical (unpaired) electrons. The predicted molar refractivity (Wildman–Crippen MR) is 221 cm³/mol. The zero-order chi connectivity index (χ0) is 40.7. The highest BCUT2D eigenvalue weighted by Crippen LogP contribution is 2.28. The molecule has 0 bridgehead atoms. The van der Waals surface area contributed by atoms with Gasteiger partial charge in [0.1, 0.15) is 22.3 Å². The number of hydrogen-bond acceptors (Lipinski definition) is 14. The van der Waals surface area contributed by atoms with Gasteiger partial charge in [-0.1, -0.05) is 41.5 Å². The minimum Gasteiger partial charge on any atom is -0.379 e. The van der Waals surface area contributed by atoms with Crippen LogP contribution in [0.3, 0.4) is 0 Å². The molecular formula is C38H55ClN10O7S. The number of rotatable bonds is 27. The molecule has 3 heterocycles. The Kier molecular flexibility index (Phi) is 20.4. The molecule has 2 aromatic heterocycles. The topological polar surface area (TPSA) is 201 Å². The Morgan fingerprint density at radius 2 is 1.58 bits per heavy atom. The van der Waals surface area contributed by atoms with E-state index in [-0.39, 0.29) is 24.1 Å². The zero-order valence-corrected chi connectivity index (χ0v) is 34.4. The summed E-state index contributed by atoms with van der Waals surface area (Å²) in [5.41, 5.74) is 1.45. The smallest absolute Gasteiger partial charge is 0.267 e. The summed E-state index contributed by atoms with van der Waals surface area (Å²) < 4.78 is 16.7. The van der Waals surface area contributed by atoms with Crippen LogP contribution in [0.15, 0.2) is 30.5 Å². The van der Waals surface area contributed by atoms with Crippen LogP contribution in [0.5, 0.6) is 0 Å². The molecule has 3 aromatic rings. The van der Waals surface area contributed by atoms with Crippen LogP contribution in [0.25, 0.3) is 0 Å². The van der Waals surface area contributed by atoms with Gasteiger partial charge in [0, 0.05) is 71.3 Å². The van der Waals surface area contributed by atoms with Crippen molar-refractivity contribution in [2.24, 2.45) is 0 Å². The normalized spacial score (nSPS) is 12.9. The monoisotopic (exact) mass is 830 g/mol. The number of para-hydroxylation sites is 1. The minimum absolute atomic E-state index is 0.0103. The number of benzene rings is 1. The second kappa shape index (κ2) is 25.7. The number of unbranched alkanes of at least 4 members (excludes halogenated alkanes) is 2. The summed E-state index contributed by atoms with van der Waals surface area (Å²) in [6, 6.07) is 7.35.